The Morgan fingerprint density at radius 3 is 1.44 bits per heavy atom. The molecule has 0 aliphatic heterocycles. The number of esters is 2. The van der Waals surface area contributed by atoms with Gasteiger partial charge in [-0.25, -0.2) is 14.2 Å². The first-order chi connectivity index (χ1) is 17.0. The third kappa shape index (κ3) is 19.7. The van der Waals surface area contributed by atoms with Crippen molar-refractivity contribution in [1.82, 2.24) is 5.32 Å². The minimum absolute atomic E-state index is 0.133. The Morgan fingerprint density at radius 1 is 0.778 bits per heavy atom. The molecule has 0 aromatic carbocycles. The highest BCUT2D eigenvalue weighted by Gasteiger charge is 2.30. The fourth-order valence-electron chi connectivity index (χ4n) is 3.10. The van der Waals surface area contributed by atoms with Crippen LogP contribution < -0.4 is 5.32 Å². The van der Waals surface area contributed by atoms with E-state index in [-0.39, 0.29) is 13.2 Å². The predicted octanol–water partition coefficient (Wildman–Crippen LogP) is 5.17. The second kappa shape index (κ2) is 22.7. The van der Waals surface area contributed by atoms with E-state index in [1.807, 2.05) is 0 Å². The van der Waals surface area contributed by atoms with Crippen molar-refractivity contribution in [1.29, 1.82) is 0 Å². The predicted molar refractivity (Wildman–Crippen MR) is 139 cm³/mol. The van der Waals surface area contributed by atoms with E-state index < -0.39 is 31.7 Å². The van der Waals surface area contributed by atoms with Gasteiger partial charge in [0.1, 0.15) is 0 Å². The summed E-state index contributed by atoms with van der Waals surface area (Å²) in [5, 5.41) is 2.16. The van der Waals surface area contributed by atoms with E-state index in [0.717, 1.165) is 51.4 Å². The minimum Gasteiger partial charge on any atom is -0.464 e. The molecule has 11 heteroatoms. The molecule has 0 saturated heterocycles. The van der Waals surface area contributed by atoms with E-state index in [1.54, 1.807) is 13.8 Å². The molecule has 0 aromatic heterocycles. The number of rotatable bonds is 19. The summed E-state index contributed by atoms with van der Waals surface area (Å²) in [7, 11) is -3.89. The van der Waals surface area contributed by atoms with Crippen molar-refractivity contribution in [2.45, 2.75) is 106 Å². The second-order valence-electron chi connectivity index (χ2n) is 8.53. The summed E-state index contributed by atoms with van der Waals surface area (Å²) in [6.45, 7) is 13.8. The molecule has 2 N–H and O–H groups in total. The van der Waals surface area contributed by atoms with Gasteiger partial charge < -0.3 is 19.7 Å². The first kappa shape index (κ1) is 36.7. The lowest BCUT2D eigenvalue weighted by Crippen LogP contribution is -2.47. The molecule has 0 radical (unpaired) electrons. The standard InChI is InChI=1S/C16H35O4P.C9H15NO5/c1-5-9-11-15(7-3)13-19-21(17,18)20-14-16(8-4)12-10-6-2;1-4-14-8(12)7(10-6(3)11)9(13)15-5-2/h15-16H,5-14H2,1-4H3,(H,17,18);7H,4-5H2,1-3H3,(H,10,11). The number of carbonyl (C=O) groups excluding carboxylic acids is 3. The molecule has 0 spiro atoms. The largest absolute Gasteiger partial charge is 0.472 e. The third-order valence-corrected chi connectivity index (χ3v) is 6.38. The van der Waals surface area contributed by atoms with Crippen molar-refractivity contribution in [2.75, 3.05) is 26.4 Å². The number of hydrogen-bond acceptors (Lipinski definition) is 8. The van der Waals surface area contributed by atoms with Crippen LogP contribution in [0.3, 0.4) is 0 Å². The van der Waals surface area contributed by atoms with Crippen LogP contribution in [0.5, 0.6) is 0 Å². The maximum Gasteiger partial charge on any atom is 0.472 e. The molecule has 0 bridgehead atoms. The Hall–Kier alpha value is -1.48. The van der Waals surface area contributed by atoms with Crippen LogP contribution in [0.4, 0.5) is 0 Å². The van der Waals surface area contributed by atoms with E-state index in [9.17, 15) is 23.8 Å². The van der Waals surface area contributed by atoms with Gasteiger partial charge in [0.15, 0.2) is 0 Å². The van der Waals surface area contributed by atoms with Gasteiger partial charge in [-0.3, -0.25) is 13.8 Å². The highest BCUT2D eigenvalue weighted by Crippen LogP contribution is 2.44. The zero-order valence-electron chi connectivity index (χ0n) is 23.4. The third-order valence-electron chi connectivity index (χ3n) is 5.43. The number of ether oxygens (including phenoxy) is 2. The Balaban J connectivity index is 0. The molecular formula is C25H50NO9P. The highest BCUT2D eigenvalue weighted by atomic mass is 31.2. The van der Waals surface area contributed by atoms with Gasteiger partial charge in [0.05, 0.1) is 26.4 Å². The first-order valence-electron chi connectivity index (χ1n) is 13.2. The van der Waals surface area contributed by atoms with Gasteiger partial charge in [0.2, 0.25) is 11.9 Å². The van der Waals surface area contributed by atoms with E-state index in [2.05, 4.69) is 42.5 Å². The molecule has 0 rings (SSSR count). The van der Waals surface area contributed by atoms with Gasteiger partial charge in [-0.1, -0.05) is 66.2 Å². The summed E-state index contributed by atoms with van der Waals surface area (Å²) < 4.78 is 31.5. The van der Waals surface area contributed by atoms with Crippen LogP contribution in [0, 0.1) is 11.8 Å². The Morgan fingerprint density at radius 2 is 1.17 bits per heavy atom. The summed E-state index contributed by atoms with van der Waals surface area (Å²) in [6.07, 6.45) is 8.56. The lowest BCUT2D eigenvalue weighted by molar-refractivity contribution is -0.159. The van der Waals surface area contributed by atoms with Crippen LogP contribution in [-0.2, 0) is 37.5 Å². The quantitative estimate of drug-likeness (QED) is 0.129. The molecule has 2 atom stereocenters. The van der Waals surface area contributed by atoms with E-state index >= 15 is 0 Å². The smallest absolute Gasteiger partial charge is 0.464 e. The first-order valence-corrected chi connectivity index (χ1v) is 14.7. The van der Waals surface area contributed by atoms with E-state index in [1.165, 1.54) is 6.92 Å². The molecule has 0 heterocycles. The van der Waals surface area contributed by atoms with Gasteiger partial charge in [-0.2, -0.15) is 0 Å². The molecule has 0 aliphatic carbocycles. The Labute approximate surface area is 217 Å². The Bertz CT molecular complexity index is 603. The molecule has 0 saturated carbocycles. The average molecular weight is 540 g/mol. The summed E-state index contributed by atoms with van der Waals surface area (Å²) >= 11 is 0. The summed E-state index contributed by atoms with van der Waals surface area (Å²) in [4.78, 5) is 43.0. The second-order valence-corrected chi connectivity index (χ2v) is 9.98. The number of carbonyl (C=O) groups is 3. The topological polar surface area (TPSA) is 137 Å². The number of amides is 1. The number of nitrogens with one attached hydrogen (secondary N) is 1. The molecule has 0 fully saturated rings. The summed E-state index contributed by atoms with van der Waals surface area (Å²) in [6, 6.07) is -1.37. The fourth-order valence-corrected chi connectivity index (χ4v) is 3.97. The van der Waals surface area contributed by atoms with Crippen LogP contribution in [0.15, 0.2) is 0 Å². The van der Waals surface area contributed by atoms with Gasteiger partial charge in [-0.15, -0.1) is 0 Å². The molecule has 214 valence electrons. The van der Waals surface area contributed by atoms with Crippen LogP contribution >= 0.6 is 7.82 Å². The molecule has 36 heavy (non-hydrogen) atoms. The lowest BCUT2D eigenvalue weighted by atomic mass is 10.0. The van der Waals surface area contributed by atoms with Crippen LogP contribution in [0.1, 0.15) is 99.8 Å². The molecule has 0 aliphatic rings. The van der Waals surface area contributed by atoms with Gasteiger partial charge >= 0.3 is 19.8 Å². The number of unbranched alkanes of at least 4 members (excludes halogenated alkanes) is 2. The monoisotopic (exact) mass is 539 g/mol. The SMILES string of the molecule is CCCCC(CC)COP(=O)(O)OCC(CC)CCCC.CCOC(=O)C(NC(C)=O)C(=O)OCC. The maximum absolute atomic E-state index is 11.9. The van der Waals surface area contributed by atoms with Crippen LogP contribution in [0.2, 0.25) is 0 Å². The molecular weight excluding hydrogens is 489 g/mol. The summed E-state index contributed by atoms with van der Waals surface area (Å²) in [5.74, 6) is -1.44. The van der Waals surface area contributed by atoms with Crippen molar-refractivity contribution in [2.24, 2.45) is 11.8 Å². The Kier molecular flexibility index (Phi) is 23.1. The zero-order chi connectivity index (χ0) is 28.0. The molecule has 0 aromatic rings. The van der Waals surface area contributed by atoms with Crippen molar-refractivity contribution >= 4 is 25.7 Å². The van der Waals surface area contributed by atoms with Gasteiger partial charge in [0, 0.05) is 6.92 Å². The van der Waals surface area contributed by atoms with Crippen molar-refractivity contribution in [3.8, 4) is 0 Å². The van der Waals surface area contributed by atoms with Crippen molar-refractivity contribution in [3.63, 3.8) is 0 Å². The normalized spacial score (nSPS) is 14.1. The fraction of sp³-hybridized carbons (Fsp3) is 0.880. The van der Waals surface area contributed by atoms with Crippen LogP contribution in [0.25, 0.3) is 0 Å². The van der Waals surface area contributed by atoms with Crippen molar-refractivity contribution in [3.05, 3.63) is 0 Å². The number of phosphoric acid groups is 1. The van der Waals surface area contributed by atoms with Gasteiger partial charge in [0.25, 0.3) is 0 Å². The van der Waals surface area contributed by atoms with E-state index in [4.69, 9.17) is 9.05 Å². The number of hydrogen-bond donors (Lipinski definition) is 2. The van der Waals surface area contributed by atoms with E-state index in [0.29, 0.717) is 25.0 Å². The van der Waals surface area contributed by atoms with Gasteiger partial charge in [-0.05, 0) is 38.5 Å². The maximum atomic E-state index is 11.9. The minimum atomic E-state index is -3.89. The number of phosphoric ester groups is 1. The highest BCUT2D eigenvalue weighted by molar-refractivity contribution is 7.47. The summed E-state index contributed by atoms with van der Waals surface area (Å²) in [5.41, 5.74) is 0. The van der Waals surface area contributed by atoms with Crippen molar-refractivity contribution < 1.29 is 42.4 Å². The molecule has 10 nitrogen and oxygen atoms in total. The molecule has 2 unspecified atom stereocenters. The molecule has 1 amide bonds. The lowest BCUT2D eigenvalue weighted by Gasteiger charge is -2.20. The average Bonchev–Trinajstić information content (AvgIpc) is 2.83. The van der Waals surface area contributed by atoms with Crippen LogP contribution in [-0.4, -0.2) is 55.2 Å². The zero-order valence-corrected chi connectivity index (χ0v) is 24.3.